The van der Waals surface area contributed by atoms with Gasteiger partial charge in [-0.2, -0.15) is 0 Å². The largest absolute Gasteiger partial charge is 0.573 e. The summed E-state index contributed by atoms with van der Waals surface area (Å²) in [4.78, 5) is 31.5. The zero-order valence-electron chi connectivity index (χ0n) is 19.5. The molecule has 1 atom stereocenters. The zero-order chi connectivity index (χ0) is 24.3. The number of benzene rings is 1. The standard InChI is InChI=1S/C24H32F3N3O4/c1-33-22(32)20(6-12-28-14-10-23(8-9-23)11-15-28)30-17-16-29(13-7-21(30)31)18-2-4-19(5-3-18)34-24(25,26)27/h2-5,20H,6-17H2,1H3/t20-/m0/s1. The molecule has 1 amide bonds. The lowest BCUT2D eigenvalue weighted by molar-refractivity contribution is -0.274. The zero-order valence-corrected chi connectivity index (χ0v) is 19.5. The molecule has 7 nitrogen and oxygen atoms in total. The van der Waals surface area contributed by atoms with Gasteiger partial charge in [0.25, 0.3) is 0 Å². The van der Waals surface area contributed by atoms with Crippen molar-refractivity contribution in [2.24, 2.45) is 5.41 Å². The van der Waals surface area contributed by atoms with Crippen LogP contribution < -0.4 is 9.64 Å². The summed E-state index contributed by atoms with van der Waals surface area (Å²) in [6.45, 7) is 4.02. The SMILES string of the molecule is COC(=O)[C@H](CCN1CCC2(CC1)CC2)N1CCN(c2ccc(OC(F)(F)F)cc2)CCC1=O. The van der Waals surface area contributed by atoms with Crippen molar-refractivity contribution in [2.75, 3.05) is 51.3 Å². The molecule has 3 aliphatic rings. The van der Waals surface area contributed by atoms with Crippen LogP contribution in [0, 0.1) is 5.41 Å². The molecule has 1 aliphatic carbocycles. The molecule has 1 spiro atoms. The molecule has 2 aliphatic heterocycles. The highest BCUT2D eigenvalue weighted by Gasteiger charge is 2.44. The van der Waals surface area contributed by atoms with Crippen molar-refractivity contribution in [3.63, 3.8) is 0 Å². The average Bonchev–Trinajstić information content (AvgIpc) is 3.59. The minimum absolute atomic E-state index is 0.120. The highest BCUT2D eigenvalue weighted by Crippen LogP contribution is 2.53. The molecule has 1 aromatic rings. The van der Waals surface area contributed by atoms with Crippen molar-refractivity contribution in [1.29, 1.82) is 0 Å². The second-order valence-electron chi connectivity index (χ2n) is 9.54. The van der Waals surface area contributed by atoms with Gasteiger partial charge in [0.05, 0.1) is 7.11 Å². The summed E-state index contributed by atoms with van der Waals surface area (Å²) in [5.41, 5.74) is 1.28. The van der Waals surface area contributed by atoms with E-state index in [1.54, 1.807) is 17.0 Å². The lowest BCUT2D eigenvalue weighted by atomic mass is 9.93. The molecule has 1 saturated carbocycles. The third-order valence-corrected chi connectivity index (χ3v) is 7.40. The number of alkyl halides is 3. The highest BCUT2D eigenvalue weighted by atomic mass is 19.4. The third-order valence-electron chi connectivity index (χ3n) is 7.40. The molecular weight excluding hydrogens is 451 g/mol. The number of rotatable bonds is 7. The normalized spacial score (nSPS) is 21.8. The number of carbonyl (C=O) groups excluding carboxylic acids is 2. The van der Waals surface area contributed by atoms with E-state index in [-0.39, 0.29) is 18.1 Å². The number of anilines is 1. The van der Waals surface area contributed by atoms with Gasteiger partial charge >= 0.3 is 12.3 Å². The van der Waals surface area contributed by atoms with Crippen molar-refractivity contribution in [3.05, 3.63) is 24.3 Å². The lowest BCUT2D eigenvalue weighted by Gasteiger charge is -2.34. The van der Waals surface area contributed by atoms with Crippen LogP contribution in [0.1, 0.15) is 38.5 Å². The number of hydrogen-bond acceptors (Lipinski definition) is 6. The minimum Gasteiger partial charge on any atom is -0.467 e. The number of halogens is 3. The average molecular weight is 484 g/mol. The van der Waals surface area contributed by atoms with Crippen LogP contribution in [0.4, 0.5) is 18.9 Å². The van der Waals surface area contributed by atoms with Gasteiger partial charge in [-0.25, -0.2) is 4.79 Å². The van der Waals surface area contributed by atoms with E-state index in [2.05, 4.69) is 9.64 Å². The van der Waals surface area contributed by atoms with Crippen molar-refractivity contribution in [3.8, 4) is 5.75 Å². The van der Waals surface area contributed by atoms with Gasteiger partial charge in [0.15, 0.2) is 0 Å². The first-order valence-corrected chi connectivity index (χ1v) is 11.9. The summed E-state index contributed by atoms with van der Waals surface area (Å²) in [5.74, 6) is -0.823. The molecule has 10 heteroatoms. The molecule has 3 fully saturated rings. The Morgan fingerprint density at radius 2 is 1.71 bits per heavy atom. The molecule has 1 aromatic carbocycles. The lowest BCUT2D eigenvalue weighted by Crippen LogP contribution is -2.48. The number of nitrogens with zero attached hydrogens (tertiary/aromatic N) is 3. The van der Waals surface area contributed by atoms with Gasteiger partial charge < -0.3 is 24.2 Å². The fourth-order valence-electron chi connectivity index (χ4n) is 5.06. The van der Waals surface area contributed by atoms with E-state index >= 15 is 0 Å². The molecule has 0 N–H and O–H groups in total. The van der Waals surface area contributed by atoms with Gasteiger partial charge in [0.2, 0.25) is 5.91 Å². The molecule has 0 aromatic heterocycles. The number of piperidine rings is 1. The number of carbonyl (C=O) groups is 2. The summed E-state index contributed by atoms with van der Waals surface area (Å²) in [6, 6.07) is 4.96. The van der Waals surface area contributed by atoms with Gasteiger partial charge in [-0.1, -0.05) is 0 Å². The Bertz CT molecular complexity index is 863. The second-order valence-corrected chi connectivity index (χ2v) is 9.54. The Hall–Kier alpha value is -2.49. The molecule has 4 rings (SSSR count). The van der Waals surface area contributed by atoms with Crippen LogP contribution in [0.5, 0.6) is 5.75 Å². The maximum absolute atomic E-state index is 12.9. The van der Waals surface area contributed by atoms with Gasteiger partial charge in [0.1, 0.15) is 11.8 Å². The van der Waals surface area contributed by atoms with E-state index in [1.807, 2.05) is 4.90 Å². The van der Waals surface area contributed by atoms with Gasteiger partial charge in [-0.15, -0.1) is 13.2 Å². The number of amides is 1. The second kappa shape index (κ2) is 10.0. The van der Waals surface area contributed by atoms with Crippen molar-refractivity contribution < 1.29 is 32.2 Å². The maximum Gasteiger partial charge on any atom is 0.573 e. The molecule has 0 unspecified atom stereocenters. The molecule has 0 radical (unpaired) electrons. The first-order chi connectivity index (χ1) is 16.2. The highest BCUT2D eigenvalue weighted by molar-refractivity contribution is 5.85. The van der Waals surface area contributed by atoms with E-state index in [0.717, 1.165) is 19.6 Å². The van der Waals surface area contributed by atoms with Crippen LogP contribution in [0.3, 0.4) is 0 Å². The maximum atomic E-state index is 12.9. The Kier molecular flexibility index (Phi) is 7.25. The van der Waals surface area contributed by atoms with E-state index in [4.69, 9.17) is 4.74 Å². The van der Waals surface area contributed by atoms with Crippen LogP contribution in [0.2, 0.25) is 0 Å². The van der Waals surface area contributed by atoms with Gasteiger partial charge in [-0.05, 0) is 74.9 Å². The number of ether oxygens (including phenoxy) is 2. The summed E-state index contributed by atoms with van der Waals surface area (Å²) in [5, 5.41) is 0. The van der Waals surface area contributed by atoms with Crippen LogP contribution in [-0.2, 0) is 14.3 Å². The van der Waals surface area contributed by atoms with Gasteiger partial charge in [-0.3, -0.25) is 4.79 Å². The fourth-order valence-corrected chi connectivity index (χ4v) is 5.06. The summed E-state index contributed by atoms with van der Waals surface area (Å²) in [6.07, 6.45) is 1.08. The van der Waals surface area contributed by atoms with Crippen LogP contribution in [0.25, 0.3) is 0 Å². The predicted octanol–water partition coefficient (Wildman–Crippen LogP) is 3.43. The van der Waals surface area contributed by atoms with E-state index in [9.17, 15) is 22.8 Å². The summed E-state index contributed by atoms with van der Waals surface area (Å²) >= 11 is 0. The van der Waals surface area contributed by atoms with Crippen LogP contribution in [0.15, 0.2) is 24.3 Å². The monoisotopic (exact) mass is 483 g/mol. The first-order valence-electron chi connectivity index (χ1n) is 11.9. The molecular formula is C24H32F3N3O4. The van der Waals surface area contributed by atoms with E-state index in [1.165, 1.54) is 44.9 Å². The van der Waals surface area contributed by atoms with Crippen molar-refractivity contribution in [2.45, 2.75) is 50.9 Å². The Morgan fingerprint density at radius 1 is 1.03 bits per heavy atom. The van der Waals surface area contributed by atoms with Crippen molar-refractivity contribution in [1.82, 2.24) is 9.80 Å². The van der Waals surface area contributed by atoms with Crippen molar-refractivity contribution >= 4 is 17.6 Å². The fraction of sp³-hybridized carbons (Fsp3) is 0.667. The molecule has 34 heavy (non-hydrogen) atoms. The van der Waals surface area contributed by atoms with Crippen LogP contribution >= 0.6 is 0 Å². The third kappa shape index (κ3) is 6.14. The Balaban J connectivity index is 1.36. The molecule has 0 bridgehead atoms. The van der Waals surface area contributed by atoms with E-state index in [0.29, 0.717) is 37.2 Å². The Morgan fingerprint density at radius 3 is 2.29 bits per heavy atom. The first kappa shape index (κ1) is 24.6. The molecule has 2 heterocycles. The molecule has 188 valence electrons. The predicted molar refractivity (Wildman–Crippen MR) is 119 cm³/mol. The number of hydrogen-bond donors (Lipinski definition) is 0. The smallest absolute Gasteiger partial charge is 0.467 e. The number of esters is 1. The van der Waals surface area contributed by atoms with E-state index < -0.39 is 18.4 Å². The summed E-state index contributed by atoms with van der Waals surface area (Å²) < 4.78 is 46.2. The number of likely N-dealkylation sites (tertiary alicyclic amines) is 1. The number of methoxy groups -OCH3 is 1. The topological polar surface area (TPSA) is 62.3 Å². The minimum atomic E-state index is -4.74. The van der Waals surface area contributed by atoms with Gasteiger partial charge in [0, 0.05) is 38.3 Å². The molecule has 2 saturated heterocycles. The summed E-state index contributed by atoms with van der Waals surface area (Å²) in [7, 11) is 1.34. The van der Waals surface area contributed by atoms with Crippen LogP contribution in [-0.4, -0.2) is 80.5 Å². The quantitative estimate of drug-likeness (QED) is 0.554. The Labute approximate surface area is 197 Å².